The number of pyridine rings is 1. The highest BCUT2D eigenvalue weighted by Crippen LogP contribution is 2.50. The summed E-state index contributed by atoms with van der Waals surface area (Å²) < 4.78 is 0. The number of aromatic nitrogens is 1. The van der Waals surface area contributed by atoms with Gasteiger partial charge in [-0.2, -0.15) is 0 Å². The molecule has 0 N–H and O–H groups in total. The van der Waals surface area contributed by atoms with E-state index in [0.29, 0.717) is 11.8 Å². The molecule has 0 fully saturated rings. The summed E-state index contributed by atoms with van der Waals surface area (Å²) in [5.41, 5.74) is 2.18. The molecule has 1 aromatic rings. The molecular formula is C21H28NS. The number of rotatable bonds is 6. The first-order valence-corrected chi connectivity index (χ1v) is 9.02. The Kier molecular flexibility index (Phi) is 5.91. The molecule has 2 atom stereocenters. The fraction of sp³-hybridized carbons (Fsp3) is 0.476. The van der Waals surface area contributed by atoms with Gasteiger partial charge in [0.2, 0.25) is 0 Å². The van der Waals surface area contributed by atoms with Crippen LogP contribution in [-0.4, -0.2) is 9.85 Å². The van der Waals surface area contributed by atoms with E-state index >= 15 is 0 Å². The third-order valence-corrected chi connectivity index (χ3v) is 5.72. The zero-order valence-corrected chi connectivity index (χ0v) is 15.8. The predicted octanol–water partition coefficient (Wildman–Crippen LogP) is 5.87. The molecule has 2 rings (SSSR count). The third kappa shape index (κ3) is 3.19. The summed E-state index contributed by atoms with van der Waals surface area (Å²) >= 11 is 5.78. The maximum Gasteiger partial charge on any atom is 0.0518 e. The maximum absolute atomic E-state index is 5.78. The molecule has 23 heavy (non-hydrogen) atoms. The largest absolute Gasteiger partial charge is 0.260 e. The van der Waals surface area contributed by atoms with Crippen molar-refractivity contribution in [1.29, 1.82) is 0 Å². The van der Waals surface area contributed by atoms with Crippen molar-refractivity contribution >= 4 is 17.1 Å². The molecule has 0 saturated heterocycles. The van der Waals surface area contributed by atoms with E-state index in [4.69, 9.17) is 17.2 Å². The Labute approximate surface area is 146 Å². The molecule has 123 valence electrons. The van der Waals surface area contributed by atoms with Crippen molar-refractivity contribution in [2.75, 3.05) is 0 Å². The third-order valence-electron chi connectivity index (χ3n) is 5.34. The van der Waals surface area contributed by atoms with E-state index in [1.165, 1.54) is 11.5 Å². The first-order chi connectivity index (χ1) is 11.0. The standard InChI is InChI=1S/C21H28NS/c1-6-16(4)17(5)21(15(2)3,20-13-9-10-14-22-20)18-11-7-8-12-19(18)23/h7-11,13-16H,6,12H2,1-5H3. The number of allylic oxidation sites excluding steroid dienone is 4. The minimum atomic E-state index is -0.210. The number of hydrogen-bond donors (Lipinski definition) is 0. The topological polar surface area (TPSA) is 12.9 Å². The normalized spacial score (nSPS) is 18.9. The van der Waals surface area contributed by atoms with Gasteiger partial charge in [-0.3, -0.25) is 4.98 Å². The number of nitrogens with zero attached hydrogens (tertiary/aromatic N) is 1. The van der Waals surface area contributed by atoms with Crippen LogP contribution in [0.2, 0.25) is 0 Å². The molecule has 2 unspecified atom stereocenters. The molecule has 0 aromatic carbocycles. The molecule has 2 heteroatoms. The van der Waals surface area contributed by atoms with E-state index in [-0.39, 0.29) is 5.41 Å². The highest BCUT2D eigenvalue weighted by atomic mass is 32.1. The average Bonchev–Trinajstić information content (AvgIpc) is 2.57. The summed E-state index contributed by atoms with van der Waals surface area (Å²) in [7, 11) is 0. The molecule has 0 amide bonds. The van der Waals surface area contributed by atoms with Crippen molar-refractivity contribution in [3.63, 3.8) is 0 Å². The van der Waals surface area contributed by atoms with Crippen molar-refractivity contribution in [1.82, 2.24) is 4.98 Å². The Morgan fingerprint density at radius 1 is 1.30 bits per heavy atom. The monoisotopic (exact) mass is 326 g/mol. The summed E-state index contributed by atoms with van der Waals surface area (Å²) in [6.45, 7) is 11.5. The van der Waals surface area contributed by atoms with Gasteiger partial charge in [0.25, 0.3) is 0 Å². The van der Waals surface area contributed by atoms with Crippen LogP contribution < -0.4 is 0 Å². The van der Waals surface area contributed by atoms with E-state index in [2.05, 4.69) is 65.0 Å². The molecule has 1 aliphatic carbocycles. The number of thiocarbonyl (C=S) groups is 1. The quantitative estimate of drug-likeness (QED) is 0.606. The Bertz CT molecular complexity index is 600. The molecule has 0 saturated carbocycles. The second-order valence-electron chi connectivity index (χ2n) is 6.81. The van der Waals surface area contributed by atoms with Gasteiger partial charge >= 0.3 is 0 Å². The molecule has 1 nitrogen and oxygen atoms in total. The van der Waals surface area contributed by atoms with E-state index in [1.54, 1.807) is 0 Å². The Morgan fingerprint density at radius 2 is 2.04 bits per heavy atom. The number of hydrogen-bond acceptors (Lipinski definition) is 2. The lowest BCUT2D eigenvalue weighted by Gasteiger charge is -2.47. The molecule has 1 heterocycles. The minimum absolute atomic E-state index is 0.210. The van der Waals surface area contributed by atoms with Crippen molar-refractivity contribution in [3.8, 4) is 0 Å². The zero-order valence-electron chi connectivity index (χ0n) is 15.0. The van der Waals surface area contributed by atoms with Crippen molar-refractivity contribution in [2.24, 2.45) is 11.8 Å². The molecular weight excluding hydrogens is 298 g/mol. The van der Waals surface area contributed by atoms with E-state index < -0.39 is 0 Å². The summed E-state index contributed by atoms with van der Waals surface area (Å²) in [5, 5.41) is 0. The first kappa shape index (κ1) is 18.1. The van der Waals surface area contributed by atoms with Gasteiger partial charge in [-0.15, -0.1) is 0 Å². The predicted molar refractivity (Wildman–Crippen MR) is 104 cm³/mol. The van der Waals surface area contributed by atoms with E-state index in [9.17, 15) is 0 Å². The fourth-order valence-corrected chi connectivity index (χ4v) is 4.12. The van der Waals surface area contributed by atoms with Gasteiger partial charge in [0.05, 0.1) is 5.69 Å². The van der Waals surface area contributed by atoms with Crippen LogP contribution in [0.25, 0.3) is 0 Å². The van der Waals surface area contributed by atoms with Gasteiger partial charge in [-0.25, -0.2) is 0 Å². The van der Waals surface area contributed by atoms with Gasteiger partial charge in [0, 0.05) is 22.9 Å². The summed E-state index contributed by atoms with van der Waals surface area (Å²) in [5.74, 6) is 2.38. The SMILES string of the molecule is CCC(C)[C](C)C(C1=CC=CCC1=S)(c1ccccn1)C(C)C. The van der Waals surface area contributed by atoms with Crippen LogP contribution in [0.15, 0.2) is 48.2 Å². The van der Waals surface area contributed by atoms with Crippen LogP contribution in [0, 0.1) is 17.8 Å². The lowest BCUT2D eigenvalue weighted by Crippen LogP contribution is -2.45. The van der Waals surface area contributed by atoms with Crippen LogP contribution in [0.5, 0.6) is 0 Å². The van der Waals surface area contributed by atoms with Gasteiger partial charge in [-0.05, 0) is 35.5 Å². The van der Waals surface area contributed by atoms with E-state index in [0.717, 1.165) is 23.4 Å². The second kappa shape index (κ2) is 7.53. The van der Waals surface area contributed by atoms with Gasteiger partial charge in [0.1, 0.15) is 0 Å². The van der Waals surface area contributed by atoms with Gasteiger partial charge < -0.3 is 0 Å². The molecule has 0 bridgehead atoms. The van der Waals surface area contributed by atoms with Gasteiger partial charge in [-0.1, -0.05) is 77.6 Å². The van der Waals surface area contributed by atoms with Crippen molar-refractivity contribution in [2.45, 2.75) is 52.9 Å². The van der Waals surface area contributed by atoms with Crippen LogP contribution in [0.1, 0.15) is 53.2 Å². The summed E-state index contributed by atoms with van der Waals surface area (Å²) in [6.07, 6.45) is 10.4. The Morgan fingerprint density at radius 3 is 2.57 bits per heavy atom. The Hall–Kier alpha value is -1.28. The highest BCUT2D eigenvalue weighted by molar-refractivity contribution is 7.80. The van der Waals surface area contributed by atoms with Crippen LogP contribution in [-0.2, 0) is 5.41 Å². The summed E-state index contributed by atoms with van der Waals surface area (Å²) in [6, 6.07) is 6.24. The minimum Gasteiger partial charge on any atom is -0.260 e. The molecule has 1 aromatic heterocycles. The summed E-state index contributed by atoms with van der Waals surface area (Å²) in [4.78, 5) is 5.82. The second-order valence-corrected chi connectivity index (χ2v) is 7.30. The van der Waals surface area contributed by atoms with Crippen LogP contribution in [0.3, 0.4) is 0 Å². The lowest BCUT2D eigenvalue weighted by molar-refractivity contribution is 0.325. The fourth-order valence-electron chi connectivity index (χ4n) is 3.80. The maximum atomic E-state index is 5.78. The molecule has 1 aliphatic rings. The molecule has 0 aliphatic heterocycles. The first-order valence-electron chi connectivity index (χ1n) is 8.62. The van der Waals surface area contributed by atoms with Gasteiger partial charge in [0.15, 0.2) is 0 Å². The van der Waals surface area contributed by atoms with Crippen LogP contribution >= 0.6 is 12.2 Å². The molecule has 1 radical (unpaired) electrons. The smallest absolute Gasteiger partial charge is 0.0518 e. The van der Waals surface area contributed by atoms with Crippen molar-refractivity contribution in [3.05, 3.63) is 59.8 Å². The molecule has 0 spiro atoms. The van der Waals surface area contributed by atoms with E-state index in [1.807, 2.05) is 12.3 Å². The highest BCUT2D eigenvalue weighted by Gasteiger charge is 2.48. The van der Waals surface area contributed by atoms with Crippen molar-refractivity contribution < 1.29 is 0 Å². The zero-order chi connectivity index (χ0) is 17.0. The van der Waals surface area contributed by atoms with Crippen LogP contribution in [0.4, 0.5) is 0 Å². The average molecular weight is 327 g/mol. The Balaban J connectivity index is 2.73. The lowest BCUT2D eigenvalue weighted by atomic mass is 9.57.